The van der Waals surface area contributed by atoms with E-state index in [9.17, 15) is 14.4 Å². The summed E-state index contributed by atoms with van der Waals surface area (Å²) in [6.45, 7) is 1.52. The minimum absolute atomic E-state index is 0.300. The van der Waals surface area contributed by atoms with Crippen LogP contribution in [0.5, 0.6) is 0 Å². The van der Waals surface area contributed by atoms with Gasteiger partial charge in [0.1, 0.15) is 6.54 Å². The number of hydrogen-bond acceptors (Lipinski definition) is 5. The van der Waals surface area contributed by atoms with Crippen molar-refractivity contribution in [2.45, 2.75) is 13.5 Å². The van der Waals surface area contributed by atoms with Gasteiger partial charge >= 0.3 is 5.97 Å². The highest BCUT2D eigenvalue weighted by Crippen LogP contribution is 2.11. The molecule has 0 aliphatic heterocycles. The Morgan fingerprint density at radius 3 is 2.36 bits per heavy atom. The van der Waals surface area contributed by atoms with Gasteiger partial charge in [-0.1, -0.05) is 29.8 Å². The number of rotatable bonds is 8. The largest absolute Gasteiger partial charge is 0.454 e. The van der Waals surface area contributed by atoms with Crippen LogP contribution in [0.15, 0.2) is 48.5 Å². The van der Waals surface area contributed by atoms with E-state index in [1.807, 2.05) is 56.3 Å². The summed E-state index contributed by atoms with van der Waals surface area (Å²) in [5.74, 6) is -1.45. The van der Waals surface area contributed by atoms with Crippen LogP contribution in [0.2, 0.25) is 0 Å². The Kier molecular flexibility index (Phi) is 7.56. The van der Waals surface area contributed by atoms with Gasteiger partial charge in [-0.05, 0) is 36.8 Å². The SMILES string of the molecule is Cc1cccc(C(=O)NCC(=O)OCC(=O)NCc2ccc(N(C)C)cc2)c1. The van der Waals surface area contributed by atoms with Gasteiger partial charge in [0.2, 0.25) is 0 Å². The van der Waals surface area contributed by atoms with Crippen LogP contribution in [0.1, 0.15) is 21.5 Å². The molecule has 0 atom stereocenters. The Hall–Kier alpha value is -3.35. The molecule has 0 fully saturated rings. The molecule has 0 radical (unpaired) electrons. The maximum atomic E-state index is 12.0. The normalized spacial score (nSPS) is 10.1. The Morgan fingerprint density at radius 1 is 1.00 bits per heavy atom. The zero-order valence-corrected chi connectivity index (χ0v) is 16.3. The molecule has 0 bridgehead atoms. The number of esters is 1. The van der Waals surface area contributed by atoms with Crippen LogP contribution in [0.25, 0.3) is 0 Å². The molecule has 2 aromatic rings. The molecule has 0 saturated heterocycles. The highest BCUT2D eigenvalue weighted by atomic mass is 16.5. The Bertz CT molecular complexity index is 832. The first-order valence-corrected chi connectivity index (χ1v) is 8.88. The topological polar surface area (TPSA) is 87.7 Å². The zero-order chi connectivity index (χ0) is 20.5. The summed E-state index contributed by atoms with van der Waals surface area (Å²) in [4.78, 5) is 37.5. The van der Waals surface area contributed by atoms with Crippen molar-refractivity contribution in [1.29, 1.82) is 0 Å². The number of ether oxygens (including phenoxy) is 1. The molecule has 0 unspecified atom stereocenters. The van der Waals surface area contributed by atoms with E-state index in [2.05, 4.69) is 10.6 Å². The lowest BCUT2D eigenvalue weighted by Crippen LogP contribution is -2.33. The number of anilines is 1. The van der Waals surface area contributed by atoms with Crippen LogP contribution in [0.3, 0.4) is 0 Å². The standard InChI is InChI=1S/C21H25N3O4/c1-15-5-4-6-17(11-15)21(27)23-13-20(26)28-14-19(25)22-12-16-7-9-18(10-8-16)24(2)3/h4-11H,12-14H2,1-3H3,(H,22,25)(H,23,27). The molecular formula is C21H25N3O4. The van der Waals surface area contributed by atoms with E-state index in [-0.39, 0.29) is 12.5 Å². The Balaban J connectivity index is 1.67. The monoisotopic (exact) mass is 383 g/mol. The van der Waals surface area contributed by atoms with Crippen molar-refractivity contribution in [1.82, 2.24) is 10.6 Å². The number of amides is 2. The molecule has 0 spiro atoms. The van der Waals surface area contributed by atoms with Gasteiger partial charge in [0.05, 0.1) is 0 Å². The highest BCUT2D eigenvalue weighted by Gasteiger charge is 2.11. The molecule has 7 heteroatoms. The summed E-state index contributed by atoms with van der Waals surface area (Å²) >= 11 is 0. The van der Waals surface area contributed by atoms with Gasteiger partial charge in [0, 0.05) is 31.9 Å². The molecule has 0 saturated carbocycles. The molecule has 148 valence electrons. The number of nitrogens with zero attached hydrogens (tertiary/aromatic N) is 1. The fraction of sp³-hybridized carbons (Fsp3) is 0.286. The molecule has 28 heavy (non-hydrogen) atoms. The van der Waals surface area contributed by atoms with Crippen molar-refractivity contribution >= 4 is 23.5 Å². The quantitative estimate of drug-likeness (QED) is 0.677. The number of carbonyl (C=O) groups excluding carboxylic acids is 3. The summed E-state index contributed by atoms with van der Waals surface area (Å²) in [5.41, 5.74) is 3.42. The van der Waals surface area contributed by atoms with Crippen LogP contribution in [0, 0.1) is 6.92 Å². The van der Waals surface area contributed by atoms with E-state index in [1.54, 1.807) is 18.2 Å². The lowest BCUT2D eigenvalue weighted by molar-refractivity contribution is -0.147. The summed E-state index contributed by atoms with van der Waals surface area (Å²) < 4.78 is 4.88. The third-order valence-corrected chi connectivity index (χ3v) is 3.98. The summed E-state index contributed by atoms with van der Waals surface area (Å²) in [7, 11) is 3.91. The van der Waals surface area contributed by atoms with Gasteiger partial charge in [0.25, 0.3) is 11.8 Å². The van der Waals surface area contributed by atoms with Crippen molar-refractivity contribution in [2.75, 3.05) is 32.1 Å². The van der Waals surface area contributed by atoms with Crippen LogP contribution in [0.4, 0.5) is 5.69 Å². The first-order chi connectivity index (χ1) is 13.3. The second-order valence-electron chi connectivity index (χ2n) is 6.55. The molecule has 7 nitrogen and oxygen atoms in total. The van der Waals surface area contributed by atoms with Crippen LogP contribution < -0.4 is 15.5 Å². The lowest BCUT2D eigenvalue weighted by Gasteiger charge is -2.13. The second-order valence-corrected chi connectivity index (χ2v) is 6.55. The number of benzene rings is 2. The third kappa shape index (κ3) is 6.75. The molecule has 2 amide bonds. The summed E-state index contributed by atoms with van der Waals surface area (Å²) in [6, 6.07) is 14.8. The summed E-state index contributed by atoms with van der Waals surface area (Å²) in [6.07, 6.45) is 0. The van der Waals surface area contributed by atoms with E-state index in [0.717, 1.165) is 16.8 Å². The van der Waals surface area contributed by atoms with Crippen LogP contribution >= 0.6 is 0 Å². The number of carbonyl (C=O) groups is 3. The molecule has 0 aliphatic rings. The summed E-state index contributed by atoms with van der Waals surface area (Å²) in [5, 5.41) is 5.16. The van der Waals surface area contributed by atoms with Crippen molar-refractivity contribution < 1.29 is 19.1 Å². The average Bonchev–Trinajstić information content (AvgIpc) is 2.69. The number of aryl methyl sites for hydroxylation is 1. The van der Waals surface area contributed by atoms with Gasteiger partial charge in [-0.3, -0.25) is 14.4 Å². The van der Waals surface area contributed by atoms with E-state index in [4.69, 9.17) is 4.74 Å². The third-order valence-electron chi connectivity index (χ3n) is 3.98. The Labute approximate surface area is 164 Å². The number of hydrogen-bond donors (Lipinski definition) is 2. The molecule has 0 aliphatic carbocycles. The molecule has 0 heterocycles. The maximum Gasteiger partial charge on any atom is 0.325 e. The first kappa shape index (κ1) is 21.0. The smallest absolute Gasteiger partial charge is 0.325 e. The van der Waals surface area contributed by atoms with E-state index in [0.29, 0.717) is 12.1 Å². The van der Waals surface area contributed by atoms with Crippen molar-refractivity contribution in [3.05, 3.63) is 65.2 Å². The maximum absolute atomic E-state index is 12.0. The Morgan fingerprint density at radius 2 is 1.71 bits per heavy atom. The first-order valence-electron chi connectivity index (χ1n) is 8.88. The van der Waals surface area contributed by atoms with Gasteiger partial charge < -0.3 is 20.3 Å². The van der Waals surface area contributed by atoms with E-state index in [1.165, 1.54) is 0 Å². The fourth-order valence-electron chi connectivity index (χ4n) is 2.40. The predicted octanol–water partition coefficient (Wildman–Crippen LogP) is 1.65. The predicted molar refractivity (Wildman–Crippen MR) is 107 cm³/mol. The second kappa shape index (κ2) is 10.1. The van der Waals surface area contributed by atoms with E-state index < -0.39 is 18.5 Å². The van der Waals surface area contributed by atoms with Gasteiger partial charge in [-0.25, -0.2) is 0 Å². The van der Waals surface area contributed by atoms with Gasteiger partial charge in [0.15, 0.2) is 6.61 Å². The van der Waals surface area contributed by atoms with E-state index >= 15 is 0 Å². The molecule has 2 rings (SSSR count). The lowest BCUT2D eigenvalue weighted by atomic mass is 10.1. The van der Waals surface area contributed by atoms with Crippen molar-refractivity contribution in [3.8, 4) is 0 Å². The minimum Gasteiger partial charge on any atom is -0.454 e. The van der Waals surface area contributed by atoms with Crippen LogP contribution in [-0.4, -0.2) is 45.0 Å². The highest BCUT2D eigenvalue weighted by molar-refractivity contribution is 5.96. The number of nitrogens with one attached hydrogen (secondary N) is 2. The fourth-order valence-corrected chi connectivity index (χ4v) is 2.40. The van der Waals surface area contributed by atoms with Gasteiger partial charge in [-0.15, -0.1) is 0 Å². The molecule has 2 N–H and O–H groups in total. The van der Waals surface area contributed by atoms with Crippen molar-refractivity contribution in [3.63, 3.8) is 0 Å². The minimum atomic E-state index is -0.675. The molecule has 0 aromatic heterocycles. The average molecular weight is 383 g/mol. The zero-order valence-electron chi connectivity index (χ0n) is 16.3. The molecular weight excluding hydrogens is 358 g/mol. The molecule has 2 aromatic carbocycles. The van der Waals surface area contributed by atoms with Crippen LogP contribution in [-0.2, 0) is 20.9 Å². The van der Waals surface area contributed by atoms with Gasteiger partial charge in [-0.2, -0.15) is 0 Å². The van der Waals surface area contributed by atoms with Crippen molar-refractivity contribution in [2.24, 2.45) is 0 Å².